The third kappa shape index (κ3) is 2.94. The van der Waals surface area contributed by atoms with E-state index >= 15 is 0 Å². The molecule has 6 nitrogen and oxygen atoms in total. The van der Waals surface area contributed by atoms with Gasteiger partial charge in [-0.05, 0) is 19.8 Å². The fraction of sp³-hybridized carbons (Fsp3) is 0.615. The van der Waals surface area contributed by atoms with Gasteiger partial charge in [-0.1, -0.05) is 12.8 Å². The monoisotopic (exact) mass is 265 g/mol. The number of aryl methyl sites for hydroxylation is 1. The lowest BCUT2D eigenvalue weighted by atomic mass is 9.86. The van der Waals surface area contributed by atoms with Crippen molar-refractivity contribution in [1.29, 1.82) is 0 Å². The molecule has 1 fully saturated rings. The number of rotatable bonds is 5. The van der Waals surface area contributed by atoms with E-state index in [1.807, 2.05) is 0 Å². The Bertz CT molecular complexity index is 470. The maximum Gasteiger partial charge on any atom is 0.311 e. The third-order valence-electron chi connectivity index (χ3n) is 3.65. The van der Waals surface area contributed by atoms with Gasteiger partial charge in [0.25, 0.3) is 0 Å². The lowest BCUT2D eigenvalue weighted by molar-refractivity contribution is -0.147. The van der Waals surface area contributed by atoms with Gasteiger partial charge < -0.3 is 15.2 Å². The molecule has 0 aromatic carbocycles. The fourth-order valence-corrected chi connectivity index (χ4v) is 2.51. The molecule has 1 heterocycles. The van der Waals surface area contributed by atoms with E-state index in [1.165, 1.54) is 0 Å². The number of ether oxygens (including phenoxy) is 1. The summed E-state index contributed by atoms with van der Waals surface area (Å²) < 4.78 is 5.07. The number of carboxylic acid groups (broad SMARTS) is 1. The quantitative estimate of drug-likeness (QED) is 0.845. The standard InChI is InChI=1S/C13H19N3O3/c1-9-15-10(7-11(16-9)19-2)14-8-13(12(17)18)5-3-4-6-13/h7H,3-6,8H2,1-2H3,(H,17,18)(H,14,15,16). The molecule has 104 valence electrons. The SMILES string of the molecule is COc1cc(NCC2(C(=O)O)CCCC2)nc(C)n1. The highest BCUT2D eigenvalue weighted by molar-refractivity contribution is 5.75. The Hall–Kier alpha value is -1.85. The largest absolute Gasteiger partial charge is 0.481 e. The number of nitrogens with one attached hydrogen (secondary N) is 1. The van der Waals surface area contributed by atoms with Crippen LogP contribution in [0.25, 0.3) is 0 Å². The van der Waals surface area contributed by atoms with E-state index in [1.54, 1.807) is 20.1 Å². The molecule has 1 saturated carbocycles. The van der Waals surface area contributed by atoms with Gasteiger partial charge >= 0.3 is 5.97 Å². The van der Waals surface area contributed by atoms with Gasteiger partial charge in [-0.2, -0.15) is 4.98 Å². The van der Waals surface area contributed by atoms with E-state index in [0.717, 1.165) is 25.7 Å². The minimum atomic E-state index is -0.727. The second-order valence-electron chi connectivity index (χ2n) is 4.99. The molecular formula is C13H19N3O3. The summed E-state index contributed by atoms with van der Waals surface area (Å²) in [6.07, 6.45) is 3.38. The Morgan fingerprint density at radius 3 is 2.74 bits per heavy atom. The molecule has 19 heavy (non-hydrogen) atoms. The average molecular weight is 265 g/mol. The highest BCUT2D eigenvalue weighted by Crippen LogP contribution is 2.38. The third-order valence-corrected chi connectivity index (χ3v) is 3.65. The van der Waals surface area contributed by atoms with Crippen LogP contribution in [0.3, 0.4) is 0 Å². The molecule has 0 saturated heterocycles. The number of aromatic nitrogens is 2. The summed E-state index contributed by atoms with van der Waals surface area (Å²) in [5.41, 5.74) is -0.661. The zero-order valence-electron chi connectivity index (χ0n) is 11.3. The molecule has 2 rings (SSSR count). The van der Waals surface area contributed by atoms with Crippen LogP contribution in [0, 0.1) is 12.3 Å². The number of carbonyl (C=O) groups is 1. The molecular weight excluding hydrogens is 246 g/mol. The molecule has 0 bridgehead atoms. The number of carboxylic acids is 1. The molecule has 1 aliphatic carbocycles. The molecule has 0 atom stereocenters. The number of aliphatic carboxylic acids is 1. The van der Waals surface area contributed by atoms with E-state index < -0.39 is 11.4 Å². The fourth-order valence-electron chi connectivity index (χ4n) is 2.51. The van der Waals surface area contributed by atoms with E-state index in [-0.39, 0.29) is 0 Å². The summed E-state index contributed by atoms with van der Waals surface area (Å²) in [5, 5.41) is 12.5. The molecule has 0 unspecified atom stereocenters. The Labute approximate surface area is 112 Å². The molecule has 0 amide bonds. The van der Waals surface area contributed by atoms with Crippen LogP contribution in [0.2, 0.25) is 0 Å². The van der Waals surface area contributed by atoms with Crippen LogP contribution in [0.4, 0.5) is 5.82 Å². The average Bonchev–Trinajstić information content (AvgIpc) is 2.86. The van der Waals surface area contributed by atoms with E-state index in [4.69, 9.17) is 4.74 Å². The van der Waals surface area contributed by atoms with Gasteiger partial charge in [0.05, 0.1) is 12.5 Å². The summed E-state index contributed by atoms with van der Waals surface area (Å²) in [4.78, 5) is 19.8. The normalized spacial score (nSPS) is 17.2. The Morgan fingerprint density at radius 2 is 2.16 bits per heavy atom. The van der Waals surface area contributed by atoms with E-state index in [0.29, 0.717) is 24.1 Å². The number of hydrogen-bond acceptors (Lipinski definition) is 5. The van der Waals surface area contributed by atoms with Crippen molar-refractivity contribution < 1.29 is 14.6 Å². The number of methoxy groups -OCH3 is 1. The van der Waals surface area contributed by atoms with Crippen LogP contribution in [0.1, 0.15) is 31.5 Å². The van der Waals surface area contributed by atoms with Crippen molar-refractivity contribution in [1.82, 2.24) is 9.97 Å². The molecule has 0 radical (unpaired) electrons. The van der Waals surface area contributed by atoms with Crippen molar-refractivity contribution in [3.8, 4) is 5.88 Å². The van der Waals surface area contributed by atoms with Gasteiger partial charge in [0, 0.05) is 12.6 Å². The summed E-state index contributed by atoms with van der Waals surface area (Å²) in [7, 11) is 1.54. The minimum Gasteiger partial charge on any atom is -0.481 e. The zero-order chi connectivity index (χ0) is 13.9. The molecule has 1 aromatic heterocycles. The summed E-state index contributed by atoms with van der Waals surface area (Å²) in [5.74, 6) is 0.954. The Balaban J connectivity index is 2.09. The summed E-state index contributed by atoms with van der Waals surface area (Å²) in [6.45, 7) is 2.16. The maximum atomic E-state index is 11.4. The van der Waals surface area contributed by atoms with Crippen LogP contribution >= 0.6 is 0 Å². The van der Waals surface area contributed by atoms with Crippen LogP contribution in [0.5, 0.6) is 5.88 Å². The smallest absolute Gasteiger partial charge is 0.311 e. The summed E-state index contributed by atoms with van der Waals surface area (Å²) in [6, 6.07) is 1.68. The predicted molar refractivity (Wildman–Crippen MR) is 70.3 cm³/mol. The van der Waals surface area contributed by atoms with E-state index in [2.05, 4.69) is 15.3 Å². The Kier molecular flexibility index (Phi) is 3.87. The second-order valence-corrected chi connectivity index (χ2v) is 4.99. The van der Waals surface area contributed by atoms with Crippen molar-refractivity contribution >= 4 is 11.8 Å². The molecule has 1 aromatic rings. The molecule has 2 N–H and O–H groups in total. The molecule has 0 spiro atoms. The molecule has 1 aliphatic rings. The first-order valence-corrected chi connectivity index (χ1v) is 6.43. The number of anilines is 1. The van der Waals surface area contributed by atoms with Crippen LogP contribution in [-0.4, -0.2) is 34.7 Å². The number of nitrogens with zero attached hydrogens (tertiary/aromatic N) is 2. The van der Waals surface area contributed by atoms with Crippen molar-refractivity contribution in [2.45, 2.75) is 32.6 Å². The molecule has 0 aliphatic heterocycles. The van der Waals surface area contributed by atoms with Crippen LogP contribution < -0.4 is 10.1 Å². The highest BCUT2D eigenvalue weighted by Gasteiger charge is 2.41. The van der Waals surface area contributed by atoms with E-state index in [9.17, 15) is 9.90 Å². The van der Waals surface area contributed by atoms with Gasteiger partial charge in [0.2, 0.25) is 5.88 Å². The highest BCUT2D eigenvalue weighted by atomic mass is 16.5. The van der Waals surface area contributed by atoms with Gasteiger partial charge in [-0.25, -0.2) is 4.98 Å². The zero-order valence-corrected chi connectivity index (χ0v) is 11.3. The predicted octanol–water partition coefficient (Wildman–Crippen LogP) is 1.85. The topological polar surface area (TPSA) is 84.3 Å². The second kappa shape index (κ2) is 5.42. The first kappa shape index (κ1) is 13.6. The Morgan fingerprint density at radius 1 is 1.47 bits per heavy atom. The van der Waals surface area contributed by atoms with Crippen molar-refractivity contribution in [2.24, 2.45) is 5.41 Å². The lowest BCUT2D eigenvalue weighted by Crippen LogP contribution is -2.35. The van der Waals surface area contributed by atoms with Crippen molar-refractivity contribution in [3.05, 3.63) is 11.9 Å². The van der Waals surface area contributed by atoms with Gasteiger partial charge in [-0.3, -0.25) is 4.79 Å². The summed E-state index contributed by atoms with van der Waals surface area (Å²) >= 11 is 0. The lowest BCUT2D eigenvalue weighted by Gasteiger charge is -2.24. The molecule has 6 heteroatoms. The first-order valence-electron chi connectivity index (χ1n) is 6.43. The first-order chi connectivity index (χ1) is 9.05. The maximum absolute atomic E-state index is 11.4. The van der Waals surface area contributed by atoms with Crippen LogP contribution in [0.15, 0.2) is 6.07 Å². The van der Waals surface area contributed by atoms with Gasteiger partial charge in [0.1, 0.15) is 11.6 Å². The van der Waals surface area contributed by atoms with Crippen molar-refractivity contribution in [2.75, 3.05) is 19.0 Å². The van der Waals surface area contributed by atoms with Gasteiger partial charge in [0.15, 0.2) is 0 Å². The van der Waals surface area contributed by atoms with Crippen molar-refractivity contribution in [3.63, 3.8) is 0 Å². The van der Waals surface area contributed by atoms with Gasteiger partial charge in [-0.15, -0.1) is 0 Å². The number of hydrogen-bond donors (Lipinski definition) is 2. The van der Waals surface area contributed by atoms with Crippen LogP contribution in [-0.2, 0) is 4.79 Å². The minimum absolute atomic E-state index is 0.391.